The largest absolute Gasteiger partial charge is 0.494 e. The van der Waals surface area contributed by atoms with Gasteiger partial charge in [0.05, 0.1) is 10.7 Å². The van der Waals surface area contributed by atoms with Gasteiger partial charge in [0.1, 0.15) is 13.1 Å². The molecule has 0 saturated heterocycles. The number of hydrogen-bond donors (Lipinski definition) is 4. The highest BCUT2D eigenvalue weighted by molar-refractivity contribution is 6.13. The van der Waals surface area contributed by atoms with Gasteiger partial charge in [0, 0.05) is 39.5 Å². The van der Waals surface area contributed by atoms with E-state index in [-0.39, 0.29) is 36.7 Å². The van der Waals surface area contributed by atoms with E-state index in [9.17, 15) is 19.8 Å². The van der Waals surface area contributed by atoms with Gasteiger partial charge >= 0.3 is 0 Å². The highest BCUT2D eigenvalue weighted by atomic mass is 16.3. The minimum Gasteiger partial charge on any atom is -0.494 e. The van der Waals surface area contributed by atoms with Gasteiger partial charge in [-0.3, -0.25) is 24.1 Å². The molecule has 4 aromatic carbocycles. The van der Waals surface area contributed by atoms with Crippen molar-refractivity contribution in [2.45, 2.75) is 26.3 Å². The van der Waals surface area contributed by atoms with E-state index in [0.29, 0.717) is 50.2 Å². The van der Waals surface area contributed by atoms with Crippen LogP contribution in [0.25, 0.3) is 21.5 Å². The summed E-state index contributed by atoms with van der Waals surface area (Å²) >= 11 is 0. The predicted octanol–water partition coefficient (Wildman–Crippen LogP) is 4.52. The quantitative estimate of drug-likeness (QED) is 0.215. The van der Waals surface area contributed by atoms with E-state index in [1.165, 1.54) is 4.57 Å². The van der Waals surface area contributed by atoms with Gasteiger partial charge in [-0.25, -0.2) is 0 Å². The number of para-hydroxylation sites is 2. The lowest BCUT2D eigenvalue weighted by Crippen LogP contribution is -2.22. The number of aromatic nitrogens is 1. The Hall–Kier alpha value is -5.18. The number of aromatic hydroxyl groups is 2. The zero-order chi connectivity index (χ0) is 28.8. The summed E-state index contributed by atoms with van der Waals surface area (Å²) in [5.74, 6) is -0.736. The van der Waals surface area contributed by atoms with Crippen LogP contribution in [0.1, 0.15) is 19.8 Å². The molecule has 1 aromatic heterocycles. The van der Waals surface area contributed by atoms with Gasteiger partial charge in [0.25, 0.3) is 0 Å². The van der Waals surface area contributed by atoms with E-state index in [2.05, 4.69) is 20.6 Å². The molecule has 0 radical (unpaired) electrons. The SMILES string of the molecule is CCCCn1c(O)c2ccc(=NCC(=O)Nc3ccccc3)c3c(=NCC(=O)Nc4ccccc4)ccc(c1O)c23. The number of carbonyl (C=O) groups is 2. The summed E-state index contributed by atoms with van der Waals surface area (Å²) in [6.07, 6.45) is 1.67. The summed E-state index contributed by atoms with van der Waals surface area (Å²) in [5.41, 5.74) is 1.33. The summed E-state index contributed by atoms with van der Waals surface area (Å²) in [6, 6.07) is 25.1. The molecule has 0 atom stereocenters. The lowest BCUT2D eigenvalue weighted by Gasteiger charge is -2.17. The third kappa shape index (κ3) is 6.04. The van der Waals surface area contributed by atoms with Crippen molar-refractivity contribution in [2.24, 2.45) is 9.98 Å². The molecule has 0 bridgehead atoms. The Bertz CT molecular complexity index is 1710. The molecule has 4 N–H and O–H groups in total. The van der Waals surface area contributed by atoms with Crippen molar-refractivity contribution in [2.75, 3.05) is 23.7 Å². The molecule has 0 aliphatic heterocycles. The van der Waals surface area contributed by atoms with E-state index in [4.69, 9.17) is 0 Å². The summed E-state index contributed by atoms with van der Waals surface area (Å²) in [5, 5.41) is 31.0. The molecular weight excluding hydrogens is 518 g/mol. The Kier molecular flexibility index (Phi) is 8.24. The highest BCUT2D eigenvalue weighted by Crippen LogP contribution is 2.37. The first-order valence-corrected chi connectivity index (χ1v) is 13.5. The number of unbranched alkanes of at least 4 members (excludes halogenated alkanes) is 1. The first kappa shape index (κ1) is 27.4. The zero-order valence-electron chi connectivity index (χ0n) is 22.7. The van der Waals surface area contributed by atoms with Crippen LogP contribution in [0.3, 0.4) is 0 Å². The standard InChI is InChI=1S/C32H31N5O4/c1-2-3-18-37-31(40)23-14-16-25(33-19-27(38)35-21-10-6-4-7-11-21)30-26(17-15-24(29(23)30)32(37)41)34-20-28(39)36-22-12-8-5-9-13-22/h4-17,40-41H,2-3,18-20H2,1H3,(H,35,38)(H,36,39). The van der Waals surface area contributed by atoms with Crippen LogP contribution in [-0.2, 0) is 16.1 Å². The van der Waals surface area contributed by atoms with Crippen LogP contribution in [-0.4, -0.2) is 39.7 Å². The molecule has 41 heavy (non-hydrogen) atoms. The Labute approximate surface area is 236 Å². The van der Waals surface area contributed by atoms with Crippen molar-refractivity contribution in [1.29, 1.82) is 0 Å². The first-order chi connectivity index (χ1) is 20.0. The lowest BCUT2D eigenvalue weighted by atomic mass is 10.0. The second kappa shape index (κ2) is 12.3. The molecule has 5 aromatic rings. The first-order valence-electron chi connectivity index (χ1n) is 13.5. The van der Waals surface area contributed by atoms with Crippen molar-refractivity contribution < 1.29 is 19.8 Å². The normalized spacial score (nSPS) is 12.2. The van der Waals surface area contributed by atoms with Crippen LogP contribution in [0.4, 0.5) is 11.4 Å². The number of anilines is 2. The van der Waals surface area contributed by atoms with Gasteiger partial charge in [-0.15, -0.1) is 0 Å². The van der Waals surface area contributed by atoms with E-state index in [1.807, 2.05) is 43.3 Å². The smallest absolute Gasteiger partial charge is 0.246 e. The van der Waals surface area contributed by atoms with E-state index in [0.717, 1.165) is 12.8 Å². The van der Waals surface area contributed by atoms with Gasteiger partial charge in [-0.2, -0.15) is 0 Å². The molecule has 0 aliphatic rings. The van der Waals surface area contributed by atoms with Crippen molar-refractivity contribution in [3.63, 3.8) is 0 Å². The van der Waals surface area contributed by atoms with Gasteiger partial charge in [0.2, 0.25) is 23.6 Å². The van der Waals surface area contributed by atoms with Crippen LogP contribution < -0.4 is 21.3 Å². The van der Waals surface area contributed by atoms with Gasteiger partial charge < -0.3 is 20.8 Å². The van der Waals surface area contributed by atoms with E-state index >= 15 is 0 Å². The molecule has 5 rings (SSSR count). The molecule has 0 unspecified atom stereocenters. The zero-order valence-corrected chi connectivity index (χ0v) is 22.7. The maximum atomic E-state index is 12.7. The van der Waals surface area contributed by atoms with Gasteiger partial charge in [-0.05, 0) is 55.0 Å². The van der Waals surface area contributed by atoms with Crippen molar-refractivity contribution in [1.82, 2.24) is 4.57 Å². The number of nitrogens with one attached hydrogen (secondary N) is 2. The van der Waals surface area contributed by atoms with Gasteiger partial charge in [0.15, 0.2) is 0 Å². The fourth-order valence-corrected chi connectivity index (χ4v) is 4.77. The van der Waals surface area contributed by atoms with Crippen LogP contribution in [0.5, 0.6) is 11.8 Å². The van der Waals surface area contributed by atoms with Crippen molar-refractivity contribution in [3.05, 3.63) is 95.6 Å². The molecule has 0 saturated carbocycles. The number of pyridine rings is 1. The summed E-state index contributed by atoms with van der Waals surface area (Å²) in [6.45, 7) is 2.17. The Morgan fingerprint density at radius 3 is 1.59 bits per heavy atom. The molecule has 9 heteroatoms. The minimum absolute atomic E-state index is 0.0687. The third-order valence-electron chi connectivity index (χ3n) is 6.75. The molecule has 9 nitrogen and oxygen atoms in total. The summed E-state index contributed by atoms with van der Waals surface area (Å²) in [4.78, 5) is 34.5. The minimum atomic E-state index is -0.299. The molecule has 0 spiro atoms. The second-order valence-corrected chi connectivity index (χ2v) is 9.63. The number of amides is 2. The molecule has 208 valence electrons. The maximum absolute atomic E-state index is 12.7. The predicted molar refractivity (Wildman–Crippen MR) is 160 cm³/mol. The number of carbonyl (C=O) groups excluding carboxylic acids is 2. The van der Waals surface area contributed by atoms with Crippen LogP contribution in [0.2, 0.25) is 0 Å². The number of benzene rings is 4. The molecule has 0 fully saturated rings. The Balaban J connectivity index is 1.61. The van der Waals surface area contributed by atoms with Crippen LogP contribution in [0, 0.1) is 0 Å². The average molecular weight is 550 g/mol. The second-order valence-electron chi connectivity index (χ2n) is 9.63. The van der Waals surface area contributed by atoms with Crippen molar-refractivity contribution >= 4 is 44.7 Å². The maximum Gasteiger partial charge on any atom is 0.246 e. The number of rotatable bonds is 9. The molecular formula is C32H31N5O4. The fraction of sp³-hybridized carbons (Fsp3) is 0.188. The summed E-state index contributed by atoms with van der Waals surface area (Å²) in [7, 11) is 0. The molecule has 0 aliphatic carbocycles. The number of hydrogen-bond acceptors (Lipinski definition) is 6. The third-order valence-corrected chi connectivity index (χ3v) is 6.75. The van der Waals surface area contributed by atoms with Crippen LogP contribution >= 0.6 is 0 Å². The molecule has 2 amide bonds. The topological polar surface area (TPSA) is 128 Å². The van der Waals surface area contributed by atoms with Gasteiger partial charge in [-0.1, -0.05) is 49.7 Å². The van der Waals surface area contributed by atoms with Crippen molar-refractivity contribution in [3.8, 4) is 11.8 Å². The lowest BCUT2D eigenvalue weighted by molar-refractivity contribution is -0.115. The highest BCUT2D eigenvalue weighted by Gasteiger charge is 2.18. The van der Waals surface area contributed by atoms with E-state index in [1.54, 1.807) is 48.5 Å². The summed E-state index contributed by atoms with van der Waals surface area (Å²) < 4.78 is 1.49. The Morgan fingerprint density at radius 2 is 1.15 bits per heavy atom. The number of nitrogens with zero attached hydrogens (tertiary/aromatic N) is 3. The monoisotopic (exact) mass is 549 g/mol. The van der Waals surface area contributed by atoms with E-state index < -0.39 is 0 Å². The van der Waals surface area contributed by atoms with Crippen LogP contribution in [0.15, 0.2) is 94.9 Å². The fourth-order valence-electron chi connectivity index (χ4n) is 4.77. The Morgan fingerprint density at radius 1 is 0.683 bits per heavy atom. The average Bonchev–Trinajstić information content (AvgIpc) is 2.99. The molecule has 1 heterocycles.